The quantitative estimate of drug-likeness (QED) is 0.680. The Morgan fingerprint density at radius 3 is 2.73 bits per heavy atom. The first-order valence-corrected chi connectivity index (χ1v) is 11.0. The lowest BCUT2D eigenvalue weighted by molar-refractivity contribution is 0.510. The molecule has 0 spiro atoms. The second-order valence-electron chi connectivity index (χ2n) is 6.62. The molecule has 2 aromatic heterocycles. The molecule has 3 aromatic rings. The molecular weight excluding hydrogens is 390 g/mol. The fourth-order valence-corrected chi connectivity index (χ4v) is 6.35. The Morgan fingerprint density at radius 1 is 1.27 bits per heavy atom. The van der Waals surface area contributed by atoms with Crippen LogP contribution in [0.1, 0.15) is 35.3 Å². The van der Waals surface area contributed by atoms with Crippen LogP contribution in [0.5, 0.6) is 0 Å². The molecule has 0 radical (unpaired) electrons. The molecule has 0 bridgehead atoms. The number of hydrogen-bond acceptors (Lipinski definition) is 5. The van der Waals surface area contributed by atoms with Crippen LogP contribution in [-0.2, 0) is 10.0 Å². The number of aromatic nitrogens is 2. The number of hydrogen-bond donors (Lipinski definition) is 1. The van der Waals surface area contributed by atoms with E-state index < -0.39 is 16.1 Å². The van der Waals surface area contributed by atoms with Crippen molar-refractivity contribution >= 4 is 43.0 Å². The minimum absolute atomic E-state index is 0.236. The van der Waals surface area contributed by atoms with Gasteiger partial charge in [0.15, 0.2) is 0 Å². The average Bonchev–Trinajstić information content (AvgIpc) is 3.35. The van der Waals surface area contributed by atoms with Gasteiger partial charge in [0.05, 0.1) is 6.04 Å². The number of fused-ring (bicyclic) bond motifs is 1. The number of sulfonamides is 1. The molecule has 1 aliphatic rings. The predicted octanol–water partition coefficient (Wildman–Crippen LogP) is 4.39. The van der Waals surface area contributed by atoms with Gasteiger partial charge in [0.2, 0.25) is 10.0 Å². The maximum atomic E-state index is 13.2. The molecule has 1 aliphatic carbocycles. The molecule has 136 valence electrons. The van der Waals surface area contributed by atoms with Crippen molar-refractivity contribution in [2.45, 2.75) is 37.6 Å². The number of halogens is 1. The van der Waals surface area contributed by atoms with E-state index in [1.807, 2.05) is 19.9 Å². The van der Waals surface area contributed by atoms with E-state index in [4.69, 9.17) is 11.6 Å². The number of rotatable bonds is 5. The van der Waals surface area contributed by atoms with Crippen molar-refractivity contribution in [2.24, 2.45) is 5.92 Å². The first kappa shape index (κ1) is 17.9. The van der Waals surface area contributed by atoms with Crippen LogP contribution in [0.3, 0.4) is 0 Å². The highest BCUT2D eigenvalue weighted by Crippen LogP contribution is 2.42. The summed E-state index contributed by atoms with van der Waals surface area (Å²) in [4.78, 5) is 9.80. The van der Waals surface area contributed by atoms with Gasteiger partial charge in [-0.2, -0.15) is 0 Å². The van der Waals surface area contributed by atoms with Crippen LogP contribution in [0.15, 0.2) is 35.4 Å². The second-order valence-corrected chi connectivity index (χ2v) is 9.96. The highest BCUT2D eigenvalue weighted by Gasteiger charge is 2.38. The summed E-state index contributed by atoms with van der Waals surface area (Å²) in [6.45, 7) is 3.70. The van der Waals surface area contributed by atoms with Crippen molar-refractivity contribution in [3.05, 3.63) is 51.9 Å². The van der Waals surface area contributed by atoms with Crippen molar-refractivity contribution in [1.29, 1.82) is 0 Å². The second kappa shape index (κ2) is 6.56. The number of nitrogens with zero attached hydrogens (tertiary/aromatic N) is 2. The van der Waals surface area contributed by atoms with E-state index >= 15 is 0 Å². The molecule has 2 heterocycles. The van der Waals surface area contributed by atoms with E-state index in [9.17, 15) is 8.42 Å². The van der Waals surface area contributed by atoms with Gasteiger partial charge in [0.25, 0.3) is 0 Å². The lowest BCUT2D eigenvalue weighted by Gasteiger charge is -2.17. The topological polar surface area (TPSA) is 72.0 Å². The Morgan fingerprint density at radius 2 is 2.04 bits per heavy atom. The largest absolute Gasteiger partial charge is 0.242 e. The molecule has 8 heteroatoms. The molecule has 4 rings (SSSR count). The van der Waals surface area contributed by atoms with Crippen LogP contribution in [-0.4, -0.2) is 18.4 Å². The molecular formula is C18H18ClN3O2S2. The van der Waals surface area contributed by atoms with Crippen LogP contribution in [0, 0.1) is 19.8 Å². The zero-order chi connectivity index (χ0) is 18.5. The molecule has 0 unspecified atom stereocenters. The van der Waals surface area contributed by atoms with Crippen LogP contribution in [0.4, 0.5) is 0 Å². The highest BCUT2D eigenvalue weighted by atomic mass is 35.5. The van der Waals surface area contributed by atoms with Gasteiger partial charge in [-0.3, -0.25) is 0 Å². The van der Waals surface area contributed by atoms with E-state index in [0.717, 1.165) is 28.1 Å². The molecule has 1 atom stereocenters. The van der Waals surface area contributed by atoms with Crippen LogP contribution in [0.2, 0.25) is 5.02 Å². The molecule has 1 saturated carbocycles. The highest BCUT2D eigenvalue weighted by molar-refractivity contribution is 7.90. The number of aryl methyl sites for hydroxylation is 2. The minimum Gasteiger partial charge on any atom is -0.240 e. The van der Waals surface area contributed by atoms with Gasteiger partial charge in [0.1, 0.15) is 10.7 Å². The van der Waals surface area contributed by atoms with Crippen LogP contribution >= 0.6 is 22.9 Å². The van der Waals surface area contributed by atoms with Gasteiger partial charge in [-0.25, -0.2) is 23.1 Å². The SMILES string of the molecule is Cc1ccnc([C@@H](NS(=O)(=O)c2c(C)sc3ccc(Cl)cc23)C2CC2)n1. The first-order valence-electron chi connectivity index (χ1n) is 8.36. The Labute approximate surface area is 161 Å². The van der Waals surface area contributed by atoms with E-state index in [0.29, 0.717) is 21.1 Å². The normalized spacial score (nSPS) is 16.1. The van der Waals surface area contributed by atoms with Crippen LogP contribution in [0.25, 0.3) is 10.1 Å². The summed E-state index contributed by atoms with van der Waals surface area (Å²) in [5.41, 5.74) is 0.823. The smallest absolute Gasteiger partial charge is 0.240 e. The number of benzene rings is 1. The lowest BCUT2D eigenvalue weighted by atomic mass is 10.2. The maximum absolute atomic E-state index is 13.2. The third-order valence-corrected chi connectivity index (χ3v) is 7.58. The summed E-state index contributed by atoms with van der Waals surface area (Å²) < 4.78 is 30.2. The first-order chi connectivity index (χ1) is 12.3. The van der Waals surface area contributed by atoms with E-state index in [1.54, 1.807) is 24.4 Å². The monoisotopic (exact) mass is 407 g/mol. The van der Waals surface area contributed by atoms with E-state index in [2.05, 4.69) is 14.7 Å². The fourth-order valence-electron chi connectivity index (χ4n) is 3.14. The maximum Gasteiger partial charge on any atom is 0.242 e. The Hall–Kier alpha value is -1.54. The van der Waals surface area contributed by atoms with Gasteiger partial charge < -0.3 is 0 Å². The third-order valence-electron chi connectivity index (χ3n) is 4.50. The Kier molecular flexibility index (Phi) is 4.51. The van der Waals surface area contributed by atoms with Crippen molar-refractivity contribution in [2.75, 3.05) is 0 Å². The van der Waals surface area contributed by atoms with Crippen molar-refractivity contribution in [3.63, 3.8) is 0 Å². The van der Waals surface area contributed by atoms with Crippen LogP contribution < -0.4 is 4.72 Å². The third kappa shape index (κ3) is 3.36. The predicted molar refractivity (Wildman–Crippen MR) is 104 cm³/mol. The molecule has 0 amide bonds. The number of thiophene rings is 1. The van der Waals surface area contributed by atoms with Crippen molar-refractivity contribution in [1.82, 2.24) is 14.7 Å². The Balaban J connectivity index is 1.77. The van der Waals surface area contributed by atoms with Crippen molar-refractivity contribution < 1.29 is 8.42 Å². The number of nitrogens with one attached hydrogen (secondary N) is 1. The average molecular weight is 408 g/mol. The summed E-state index contributed by atoms with van der Waals surface area (Å²) in [7, 11) is -3.73. The molecule has 0 saturated heterocycles. The zero-order valence-corrected chi connectivity index (χ0v) is 16.7. The summed E-state index contributed by atoms with van der Waals surface area (Å²) >= 11 is 7.55. The molecule has 1 aromatic carbocycles. The molecule has 1 N–H and O–H groups in total. The summed E-state index contributed by atoms with van der Waals surface area (Å²) in [6.07, 6.45) is 3.62. The van der Waals surface area contributed by atoms with E-state index in [1.165, 1.54) is 11.3 Å². The Bertz CT molecular complexity index is 1090. The van der Waals surface area contributed by atoms with Gasteiger partial charge in [0, 0.05) is 31.9 Å². The van der Waals surface area contributed by atoms with Gasteiger partial charge in [-0.05, 0) is 56.9 Å². The summed E-state index contributed by atoms with van der Waals surface area (Å²) in [5, 5.41) is 1.18. The standard InChI is InChI=1S/C18H18ClN3O2S2/c1-10-7-8-20-18(21-10)16(12-3-4-12)22-26(23,24)17-11(2)25-15-6-5-13(19)9-14(15)17/h5-9,12,16,22H,3-4H2,1-2H3/t16-/m0/s1. The molecule has 0 aliphatic heterocycles. The van der Waals surface area contributed by atoms with Crippen molar-refractivity contribution in [3.8, 4) is 0 Å². The van der Waals surface area contributed by atoms with Gasteiger partial charge >= 0.3 is 0 Å². The minimum atomic E-state index is -3.73. The fraction of sp³-hybridized carbons (Fsp3) is 0.333. The molecule has 1 fully saturated rings. The van der Waals surface area contributed by atoms with Gasteiger partial charge in [-0.1, -0.05) is 11.6 Å². The summed E-state index contributed by atoms with van der Waals surface area (Å²) in [6, 6.07) is 6.74. The lowest BCUT2D eigenvalue weighted by Crippen LogP contribution is -2.31. The molecule has 26 heavy (non-hydrogen) atoms. The van der Waals surface area contributed by atoms with Gasteiger partial charge in [-0.15, -0.1) is 11.3 Å². The summed E-state index contributed by atoms with van der Waals surface area (Å²) in [5.74, 6) is 0.770. The zero-order valence-electron chi connectivity index (χ0n) is 14.4. The van der Waals surface area contributed by atoms with E-state index in [-0.39, 0.29) is 5.92 Å². The molecule has 5 nitrogen and oxygen atoms in total.